The molecular weight excluding hydrogens is 432 g/mol. The normalized spacial score (nSPS) is 18.7. The van der Waals surface area contributed by atoms with Crippen LogP contribution < -0.4 is 9.47 Å². The number of halogens is 1. The van der Waals surface area contributed by atoms with Gasteiger partial charge in [0.05, 0.1) is 19.1 Å². The van der Waals surface area contributed by atoms with Gasteiger partial charge in [-0.1, -0.05) is 12.1 Å². The molecule has 0 radical (unpaired) electrons. The maximum absolute atomic E-state index is 13.0. The molecule has 8 heteroatoms. The van der Waals surface area contributed by atoms with E-state index in [0.717, 1.165) is 62.0 Å². The van der Waals surface area contributed by atoms with E-state index in [-0.39, 0.29) is 34.7 Å². The highest BCUT2D eigenvalue weighted by Gasteiger charge is 2.34. The van der Waals surface area contributed by atoms with Crippen LogP contribution in [0.15, 0.2) is 36.4 Å². The van der Waals surface area contributed by atoms with E-state index in [1.807, 2.05) is 24.3 Å². The van der Waals surface area contributed by atoms with Crippen LogP contribution in [0.4, 0.5) is 5.69 Å². The third kappa shape index (κ3) is 5.05. The molecule has 4 rings (SSSR count). The maximum Gasteiger partial charge on any atom is 0.269 e. The lowest BCUT2D eigenvalue weighted by molar-refractivity contribution is -0.384. The number of benzene rings is 2. The molecule has 1 heterocycles. The average molecular weight is 461 g/mol. The Balaban J connectivity index is 0.00000289. The molecule has 2 aliphatic rings. The first-order chi connectivity index (χ1) is 15.0. The molecule has 32 heavy (non-hydrogen) atoms. The zero-order chi connectivity index (χ0) is 22.0. The van der Waals surface area contributed by atoms with Crippen LogP contribution in [0.1, 0.15) is 40.7 Å². The van der Waals surface area contributed by atoms with Crippen molar-refractivity contribution in [1.29, 1.82) is 0 Å². The van der Waals surface area contributed by atoms with Crippen molar-refractivity contribution in [1.82, 2.24) is 4.90 Å². The molecule has 1 fully saturated rings. The fourth-order valence-corrected chi connectivity index (χ4v) is 4.85. The average Bonchev–Trinajstić information content (AvgIpc) is 3.08. The molecule has 1 aliphatic heterocycles. The number of hydrogen-bond acceptors (Lipinski definition) is 6. The van der Waals surface area contributed by atoms with Crippen LogP contribution in [0, 0.1) is 22.0 Å². The number of nitro groups is 1. The van der Waals surface area contributed by atoms with Gasteiger partial charge in [0.15, 0.2) is 17.3 Å². The largest absolute Gasteiger partial charge is 0.493 e. The molecule has 172 valence electrons. The molecule has 7 nitrogen and oxygen atoms in total. The smallest absolute Gasteiger partial charge is 0.269 e. The fourth-order valence-electron chi connectivity index (χ4n) is 4.85. The van der Waals surface area contributed by atoms with E-state index in [9.17, 15) is 14.9 Å². The minimum Gasteiger partial charge on any atom is -0.493 e. The van der Waals surface area contributed by atoms with Crippen molar-refractivity contribution in [2.24, 2.45) is 11.8 Å². The van der Waals surface area contributed by atoms with Gasteiger partial charge in [0.25, 0.3) is 5.69 Å². The van der Waals surface area contributed by atoms with Gasteiger partial charge >= 0.3 is 0 Å². The highest BCUT2D eigenvalue weighted by molar-refractivity contribution is 6.02. The third-order valence-electron chi connectivity index (χ3n) is 6.59. The van der Waals surface area contributed by atoms with Gasteiger partial charge in [-0.15, -0.1) is 12.4 Å². The van der Waals surface area contributed by atoms with E-state index in [4.69, 9.17) is 9.47 Å². The molecule has 0 N–H and O–H groups in total. The number of non-ortho nitro benzene ring substituents is 1. The number of nitrogens with zero attached hydrogens (tertiary/aromatic N) is 2. The van der Waals surface area contributed by atoms with E-state index in [0.29, 0.717) is 17.4 Å². The van der Waals surface area contributed by atoms with Gasteiger partial charge in [0, 0.05) is 30.2 Å². The highest BCUT2D eigenvalue weighted by Crippen LogP contribution is 2.39. The Morgan fingerprint density at radius 1 is 1.06 bits per heavy atom. The van der Waals surface area contributed by atoms with Crippen LogP contribution >= 0.6 is 12.4 Å². The Bertz CT molecular complexity index is 971. The molecular formula is C24H29ClN2O5. The molecule has 0 bridgehead atoms. The number of piperidine rings is 1. The number of Topliss-reactive ketones (excluding diaryl/α,β-unsaturated/α-hetero) is 1. The van der Waals surface area contributed by atoms with E-state index >= 15 is 0 Å². The van der Waals surface area contributed by atoms with Gasteiger partial charge in [-0.25, -0.2) is 0 Å². The number of fused-ring (bicyclic) bond motifs is 1. The number of nitro benzene ring substituents is 1. The lowest BCUT2D eigenvalue weighted by Gasteiger charge is -2.32. The van der Waals surface area contributed by atoms with E-state index in [1.165, 1.54) is 0 Å². The van der Waals surface area contributed by atoms with Crippen molar-refractivity contribution in [2.75, 3.05) is 27.3 Å². The summed E-state index contributed by atoms with van der Waals surface area (Å²) in [6.45, 7) is 2.77. The van der Waals surface area contributed by atoms with E-state index in [2.05, 4.69) is 4.90 Å². The van der Waals surface area contributed by atoms with Gasteiger partial charge in [-0.2, -0.15) is 0 Å². The zero-order valence-corrected chi connectivity index (χ0v) is 19.2. The van der Waals surface area contributed by atoms with E-state index < -0.39 is 0 Å². The molecule has 1 aliphatic carbocycles. The summed E-state index contributed by atoms with van der Waals surface area (Å²) in [7, 11) is 3.20. The molecule has 2 aromatic carbocycles. The monoisotopic (exact) mass is 460 g/mol. The first-order valence-corrected chi connectivity index (χ1v) is 10.7. The van der Waals surface area contributed by atoms with Crippen molar-refractivity contribution in [3.63, 3.8) is 0 Å². The van der Waals surface area contributed by atoms with Crippen LogP contribution in [-0.2, 0) is 13.0 Å². The van der Waals surface area contributed by atoms with Gasteiger partial charge in [-0.05, 0) is 68.0 Å². The van der Waals surface area contributed by atoms with Crippen LogP contribution in [0.2, 0.25) is 0 Å². The molecule has 0 saturated carbocycles. The summed E-state index contributed by atoms with van der Waals surface area (Å²) in [5.74, 6) is 2.09. The van der Waals surface area contributed by atoms with E-state index in [1.54, 1.807) is 26.4 Å². The zero-order valence-electron chi connectivity index (χ0n) is 18.4. The number of methoxy groups -OCH3 is 2. The summed E-state index contributed by atoms with van der Waals surface area (Å²) in [6, 6.07) is 10.6. The molecule has 1 atom stereocenters. The molecule has 2 aromatic rings. The maximum atomic E-state index is 13.0. The minimum absolute atomic E-state index is 0. The number of rotatable bonds is 7. The number of carbonyl (C=O) groups excluding carboxylic acids is 1. The number of hydrogen-bond donors (Lipinski definition) is 0. The van der Waals surface area contributed by atoms with Crippen molar-refractivity contribution >= 4 is 23.9 Å². The number of ether oxygens (including phenoxy) is 2. The molecule has 1 unspecified atom stereocenters. The first kappa shape index (κ1) is 24.0. The third-order valence-corrected chi connectivity index (χ3v) is 6.59. The molecule has 1 saturated heterocycles. The summed E-state index contributed by atoms with van der Waals surface area (Å²) >= 11 is 0. The van der Waals surface area contributed by atoms with Gasteiger partial charge in [-0.3, -0.25) is 19.8 Å². The topological polar surface area (TPSA) is 81.9 Å². The standard InChI is InChI=1S/C24H28N2O5.ClH/c1-30-22-13-18-12-19(24(27)21(18)14-23(22)31-2)11-16-7-9-25(10-8-16)15-17-3-5-20(6-4-17)26(28)29;/h3-6,13-14,16,19H,7-12,15H2,1-2H3;1H. The number of carbonyl (C=O) groups is 1. The quantitative estimate of drug-likeness (QED) is 0.440. The lowest BCUT2D eigenvalue weighted by Crippen LogP contribution is -2.34. The SMILES string of the molecule is COc1cc2c(cc1OC)C(=O)C(CC1CCN(Cc3ccc([N+](=O)[O-])cc3)CC1)C2.Cl. The lowest BCUT2D eigenvalue weighted by atomic mass is 9.85. The van der Waals surface area contributed by atoms with Crippen LogP contribution in [0.25, 0.3) is 0 Å². The summed E-state index contributed by atoms with van der Waals surface area (Å²) in [4.78, 5) is 25.8. The summed E-state index contributed by atoms with van der Waals surface area (Å²) < 4.78 is 10.7. The highest BCUT2D eigenvalue weighted by atomic mass is 35.5. The number of likely N-dealkylation sites (tertiary alicyclic amines) is 1. The Morgan fingerprint density at radius 3 is 2.28 bits per heavy atom. The van der Waals surface area contributed by atoms with Gasteiger partial charge < -0.3 is 9.47 Å². The van der Waals surface area contributed by atoms with Crippen LogP contribution in [-0.4, -0.2) is 42.9 Å². The number of ketones is 1. The van der Waals surface area contributed by atoms with Gasteiger partial charge in [0.1, 0.15) is 0 Å². The summed E-state index contributed by atoms with van der Waals surface area (Å²) in [5, 5.41) is 10.8. The van der Waals surface area contributed by atoms with Gasteiger partial charge in [0.2, 0.25) is 0 Å². The van der Waals surface area contributed by atoms with Crippen molar-refractivity contribution in [3.05, 3.63) is 63.2 Å². The second-order valence-electron chi connectivity index (χ2n) is 8.51. The van der Waals surface area contributed by atoms with Crippen molar-refractivity contribution < 1.29 is 19.2 Å². The molecule has 0 aromatic heterocycles. The predicted molar refractivity (Wildman–Crippen MR) is 124 cm³/mol. The minimum atomic E-state index is -0.371. The summed E-state index contributed by atoms with van der Waals surface area (Å²) in [6.07, 6.45) is 3.83. The van der Waals surface area contributed by atoms with Crippen LogP contribution in [0.3, 0.4) is 0 Å². The van der Waals surface area contributed by atoms with Crippen molar-refractivity contribution in [2.45, 2.75) is 32.2 Å². The molecule has 0 amide bonds. The summed E-state index contributed by atoms with van der Waals surface area (Å²) in [5.41, 5.74) is 3.05. The Labute approximate surface area is 194 Å². The predicted octanol–water partition coefficient (Wildman–Crippen LogP) is 4.69. The Kier molecular flexibility index (Phi) is 7.74. The second-order valence-corrected chi connectivity index (χ2v) is 8.51. The fraction of sp³-hybridized carbons (Fsp3) is 0.458. The second kappa shape index (κ2) is 10.3. The van der Waals surface area contributed by atoms with Crippen molar-refractivity contribution in [3.8, 4) is 11.5 Å². The molecule has 0 spiro atoms. The Hall–Kier alpha value is -2.64. The van der Waals surface area contributed by atoms with Crippen LogP contribution in [0.5, 0.6) is 11.5 Å². The first-order valence-electron chi connectivity index (χ1n) is 10.7. The Morgan fingerprint density at radius 2 is 1.69 bits per heavy atom.